The molecule has 0 spiro atoms. The molecule has 0 saturated carbocycles. The maximum Gasteiger partial charge on any atom is 0.387 e. The van der Waals surface area contributed by atoms with Crippen molar-refractivity contribution in [3.8, 4) is 11.5 Å². The van der Waals surface area contributed by atoms with Gasteiger partial charge in [-0.3, -0.25) is 4.79 Å². The Kier molecular flexibility index (Phi) is 8.62. The van der Waals surface area contributed by atoms with Crippen molar-refractivity contribution < 1.29 is 32.6 Å². The van der Waals surface area contributed by atoms with Crippen LogP contribution in [0.1, 0.15) is 11.1 Å². The summed E-state index contributed by atoms with van der Waals surface area (Å²) in [5.41, 5.74) is 1.60. The highest BCUT2D eigenvalue weighted by molar-refractivity contribution is 5.89. The molecule has 0 aliphatic heterocycles. The highest BCUT2D eigenvalue weighted by atomic mass is 19.3. The van der Waals surface area contributed by atoms with Crippen LogP contribution in [0.4, 0.5) is 8.78 Å². The highest BCUT2D eigenvalue weighted by Gasteiger charge is 2.10. The van der Waals surface area contributed by atoms with Crippen LogP contribution in [-0.2, 0) is 20.7 Å². The van der Waals surface area contributed by atoms with Gasteiger partial charge in [-0.1, -0.05) is 36.4 Å². The van der Waals surface area contributed by atoms with Gasteiger partial charge in [-0.25, -0.2) is 4.79 Å². The number of benzene rings is 2. The number of alkyl halides is 2. The Morgan fingerprint density at radius 2 is 1.86 bits per heavy atom. The van der Waals surface area contributed by atoms with Crippen LogP contribution in [-0.4, -0.2) is 38.7 Å². The third-order valence-electron chi connectivity index (χ3n) is 3.74. The van der Waals surface area contributed by atoms with E-state index in [2.05, 4.69) is 10.1 Å². The summed E-state index contributed by atoms with van der Waals surface area (Å²) in [7, 11) is 1.31. The Morgan fingerprint density at radius 3 is 2.55 bits per heavy atom. The largest absolute Gasteiger partial charge is 0.493 e. The van der Waals surface area contributed by atoms with E-state index in [1.807, 2.05) is 30.3 Å². The number of nitrogens with one attached hydrogen (secondary N) is 1. The predicted molar refractivity (Wildman–Crippen MR) is 103 cm³/mol. The van der Waals surface area contributed by atoms with Gasteiger partial charge in [0, 0.05) is 12.6 Å². The molecule has 6 nitrogen and oxygen atoms in total. The third kappa shape index (κ3) is 8.00. The first kappa shape index (κ1) is 21.9. The van der Waals surface area contributed by atoms with E-state index in [1.165, 1.54) is 31.4 Å². The van der Waals surface area contributed by atoms with E-state index in [0.717, 1.165) is 11.6 Å². The number of hydrogen-bond acceptors (Lipinski definition) is 5. The van der Waals surface area contributed by atoms with Crippen LogP contribution in [0.25, 0.3) is 6.08 Å². The molecular formula is C21H21F2NO5. The van der Waals surface area contributed by atoms with Gasteiger partial charge in [0.15, 0.2) is 18.1 Å². The van der Waals surface area contributed by atoms with Crippen molar-refractivity contribution in [1.29, 1.82) is 0 Å². The molecule has 0 aliphatic carbocycles. The van der Waals surface area contributed by atoms with Gasteiger partial charge >= 0.3 is 12.6 Å². The second kappa shape index (κ2) is 11.4. The van der Waals surface area contributed by atoms with E-state index >= 15 is 0 Å². The maximum absolute atomic E-state index is 12.3. The molecule has 0 saturated heterocycles. The topological polar surface area (TPSA) is 73.9 Å². The number of hydrogen-bond donors (Lipinski definition) is 1. The Bertz CT molecular complexity index is 840. The van der Waals surface area contributed by atoms with Gasteiger partial charge < -0.3 is 19.5 Å². The zero-order valence-corrected chi connectivity index (χ0v) is 15.8. The monoisotopic (exact) mass is 405 g/mol. The number of carbonyl (C=O) groups is 2. The number of rotatable bonds is 10. The smallest absolute Gasteiger partial charge is 0.387 e. The molecule has 8 heteroatoms. The lowest BCUT2D eigenvalue weighted by Crippen LogP contribution is -2.30. The summed E-state index contributed by atoms with van der Waals surface area (Å²) in [6.45, 7) is -2.94. The number of carbonyl (C=O) groups excluding carboxylic acids is 2. The molecule has 154 valence electrons. The molecule has 0 atom stereocenters. The second-order valence-electron chi connectivity index (χ2n) is 5.82. The molecule has 0 heterocycles. The number of esters is 1. The third-order valence-corrected chi connectivity index (χ3v) is 3.74. The van der Waals surface area contributed by atoms with Crippen LogP contribution in [0.15, 0.2) is 54.6 Å². The molecular weight excluding hydrogens is 384 g/mol. The van der Waals surface area contributed by atoms with E-state index in [1.54, 1.807) is 0 Å². The zero-order valence-electron chi connectivity index (χ0n) is 15.8. The van der Waals surface area contributed by atoms with Gasteiger partial charge in [0.2, 0.25) is 0 Å². The van der Waals surface area contributed by atoms with Crippen molar-refractivity contribution in [1.82, 2.24) is 5.32 Å². The summed E-state index contributed by atoms with van der Waals surface area (Å²) < 4.78 is 38.8. The number of methoxy groups -OCH3 is 1. The van der Waals surface area contributed by atoms with E-state index in [-0.39, 0.29) is 11.5 Å². The minimum atomic E-state index is -2.97. The number of ether oxygens (including phenoxy) is 3. The van der Waals surface area contributed by atoms with Crippen LogP contribution in [0.5, 0.6) is 11.5 Å². The summed E-state index contributed by atoms with van der Waals surface area (Å²) >= 11 is 0. The molecule has 0 unspecified atom stereocenters. The molecule has 0 bridgehead atoms. The average molecular weight is 405 g/mol. The first-order chi connectivity index (χ1) is 14.0. The SMILES string of the molecule is COc1cc(/C=C/C(=O)OCC(=O)NCCc2ccccc2)ccc1OC(F)F. The first-order valence-electron chi connectivity index (χ1n) is 8.76. The lowest BCUT2D eigenvalue weighted by molar-refractivity contribution is -0.143. The van der Waals surface area contributed by atoms with Gasteiger partial charge in [0.05, 0.1) is 7.11 Å². The van der Waals surface area contributed by atoms with Gasteiger partial charge in [-0.15, -0.1) is 0 Å². The van der Waals surface area contributed by atoms with E-state index < -0.39 is 25.1 Å². The quantitative estimate of drug-likeness (QED) is 0.485. The Hall–Kier alpha value is -3.42. The predicted octanol–water partition coefficient (Wildman–Crippen LogP) is 3.21. The van der Waals surface area contributed by atoms with Crippen LogP contribution >= 0.6 is 0 Å². The Morgan fingerprint density at radius 1 is 1.10 bits per heavy atom. The standard InChI is InChI=1S/C21H21F2NO5/c1-27-18-13-16(7-9-17(18)29-21(22)23)8-10-20(26)28-14-19(25)24-12-11-15-5-3-2-4-6-15/h2-10,13,21H,11-12,14H2,1H3,(H,24,25)/b10-8+. The molecule has 2 rings (SSSR count). The van der Waals surface area contributed by atoms with Crippen molar-refractivity contribution in [2.24, 2.45) is 0 Å². The lowest BCUT2D eigenvalue weighted by atomic mass is 10.1. The second-order valence-corrected chi connectivity index (χ2v) is 5.82. The van der Waals surface area contributed by atoms with Crippen LogP contribution in [0, 0.1) is 0 Å². The maximum atomic E-state index is 12.3. The molecule has 0 radical (unpaired) electrons. The summed E-state index contributed by atoms with van der Waals surface area (Å²) in [5, 5.41) is 2.67. The fourth-order valence-electron chi connectivity index (χ4n) is 2.37. The van der Waals surface area contributed by atoms with E-state index in [0.29, 0.717) is 18.5 Å². The Balaban J connectivity index is 1.76. The minimum Gasteiger partial charge on any atom is -0.493 e. The summed E-state index contributed by atoms with van der Waals surface area (Å²) in [5.74, 6) is -1.14. The first-order valence-corrected chi connectivity index (χ1v) is 8.76. The number of halogens is 2. The average Bonchev–Trinajstić information content (AvgIpc) is 2.72. The van der Waals surface area contributed by atoms with Crippen molar-refractivity contribution >= 4 is 18.0 Å². The molecule has 1 amide bonds. The van der Waals surface area contributed by atoms with Crippen LogP contribution in [0.2, 0.25) is 0 Å². The van der Waals surface area contributed by atoms with E-state index in [9.17, 15) is 18.4 Å². The normalized spacial score (nSPS) is 10.8. The fourth-order valence-corrected chi connectivity index (χ4v) is 2.37. The Labute approximate surface area is 167 Å². The molecule has 0 fully saturated rings. The summed E-state index contributed by atoms with van der Waals surface area (Å²) in [4.78, 5) is 23.5. The fraction of sp³-hybridized carbons (Fsp3) is 0.238. The molecule has 29 heavy (non-hydrogen) atoms. The zero-order chi connectivity index (χ0) is 21.1. The van der Waals surface area contributed by atoms with Gasteiger partial charge in [-0.05, 0) is 35.8 Å². The summed E-state index contributed by atoms with van der Waals surface area (Å²) in [6, 6.07) is 13.9. The van der Waals surface area contributed by atoms with Crippen molar-refractivity contribution in [3.63, 3.8) is 0 Å². The van der Waals surface area contributed by atoms with Gasteiger partial charge in [0.25, 0.3) is 5.91 Å². The minimum absolute atomic E-state index is 0.0959. The van der Waals surface area contributed by atoms with Gasteiger partial charge in [0.1, 0.15) is 0 Å². The van der Waals surface area contributed by atoms with Crippen LogP contribution in [0.3, 0.4) is 0 Å². The number of amides is 1. The highest BCUT2D eigenvalue weighted by Crippen LogP contribution is 2.29. The van der Waals surface area contributed by atoms with Crippen LogP contribution < -0.4 is 14.8 Å². The summed E-state index contributed by atoms with van der Waals surface area (Å²) in [6.07, 6.45) is 3.21. The van der Waals surface area contributed by atoms with Crippen molar-refractivity contribution in [2.75, 3.05) is 20.3 Å². The van der Waals surface area contributed by atoms with Gasteiger partial charge in [-0.2, -0.15) is 8.78 Å². The molecule has 2 aromatic carbocycles. The molecule has 0 aliphatic rings. The van der Waals surface area contributed by atoms with Crippen molar-refractivity contribution in [2.45, 2.75) is 13.0 Å². The molecule has 0 aromatic heterocycles. The lowest BCUT2D eigenvalue weighted by Gasteiger charge is -2.10. The molecule has 2 aromatic rings. The van der Waals surface area contributed by atoms with Crippen molar-refractivity contribution in [3.05, 3.63) is 65.7 Å². The molecule has 1 N–H and O–H groups in total. The van der Waals surface area contributed by atoms with E-state index in [4.69, 9.17) is 9.47 Å².